The van der Waals surface area contributed by atoms with Gasteiger partial charge in [0.1, 0.15) is 0 Å². The molecule has 29 heavy (non-hydrogen) atoms. The fraction of sp³-hybridized carbons (Fsp3) is 0.524. The standard InChI is InChI=1S/C21H27N5O2S/c1-14(2)12-25-19(28)16-9-4-5-10-17(16)26-20(25)22-23-21(26)29-13-18(27)24-11-7-6-8-15(24)3/h4-5,9-10,14-15H,6-8,11-13H2,1-3H3. The van der Waals surface area contributed by atoms with Gasteiger partial charge in [0.25, 0.3) is 5.56 Å². The minimum atomic E-state index is -0.0519. The third-order valence-electron chi connectivity index (χ3n) is 5.47. The molecule has 1 amide bonds. The number of hydrogen-bond donors (Lipinski definition) is 0. The summed E-state index contributed by atoms with van der Waals surface area (Å²) in [6.07, 6.45) is 3.32. The third-order valence-corrected chi connectivity index (χ3v) is 6.39. The largest absolute Gasteiger partial charge is 0.339 e. The lowest BCUT2D eigenvalue weighted by Gasteiger charge is -2.33. The quantitative estimate of drug-likeness (QED) is 0.601. The lowest BCUT2D eigenvalue weighted by atomic mass is 10.0. The predicted molar refractivity (Wildman–Crippen MR) is 115 cm³/mol. The van der Waals surface area contributed by atoms with Crippen molar-refractivity contribution in [2.75, 3.05) is 12.3 Å². The number of piperidine rings is 1. The zero-order chi connectivity index (χ0) is 20.5. The molecule has 3 aromatic rings. The van der Waals surface area contributed by atoms with Gasteiger partial charge in [0, 0.05) is 19.1 Å². The van der Waals surface area contributed by atoms with E-state index in [0.29, 0.717) is 40.6 Å². The molecule has 1 aliphatic heterocycles. The number of para-hydroxylation sites is 1. The second-order valence-corrected chi connectivity index (χ2v) is 9.11. The summed E-state index contributed by atoms with van der Waals surface area (Å²) < 4.78 is 3.61. The number of likely N-dealkylation sites (tertiary alicyclic amines) is 1. The van der Waals surface area contributed by atoms with Gasteiger partial charge in [-0.25, -0.2) is 0 Å². The summed E-state index contributed by atoms with van der Waals surface area (Å²) in [5.74, 6) is 1.29. The van der Waals surface area contributed by atoms with Gasteiger partial charge in [0.2, 0.25) is 11.7 Å². The number of amides is 1. The average Bonchev–Trinajstić information content (AvgIpc) is 3.13. The van der Waals surface area contributed by atoms with Crippen molar-refractivity contribution in [1.29, 1.82) is 0 Å². The van der Waals surface area contributed by atoms with Gasteiger partial charge >= 0.3 is 0 Å². The van der Waals surface area contributed by atoms with E-state index in [0.717, 1.165) is 24.9 Å². The first-order chi connectivity index (χ1) is 14.0. The third kappa shape index (κ3) is 3.77. The van der Waals surface area contributed by atoms with Crippen molar-refractivity contribution in [3.05, 3.63) is 34.6 Å². The molecule has 1 atom stereocenters. The van der Waals surface area contributed by atoms with E-state index in [1.807, 2.05) is 33.6 Å². The van der Waals surface area contributed by atoms with Crippen LogP contribution in [-0.4, -0.2) is 48.3 Å². The van der Waals surface area contributed by atoms with E-state index < -0.39 is 0 Å². The molecule has 1 unspecified atom stereocenters. The number of thioether (sulfide) groups is 1. The highest BCUT2D eigenvalue weighted by atomic mass is 32.2. The van der Waals surface area contributed by atoms with Crippen LogP contribution in [-0.2, 0) is 11.3 Å². The molecule has 0 spiro atoms. The van der Waals surface area contributed by atoms with Gasteiger partial charge in [0.05, 0.1) is 16.7 Å². The van der Waals surface area contributed by atoms with Crippen LogP contribution in [0.3, 0.4) is 0 Å². The van der Waals surface area contributed by atoms with Crippen LogP contribution in [0.15, 0.2) is 34.2 Å². The lowest BCUT2D eigenvalue weighted by Crippen LogP contribution is -2.42. The summed E-state index contributed by atoms with van der Waals surface area (Å²) in [6.45, 7) is 7.66. The van der Waals surface area contributed by atoms with Gasteiger partial charge in [-0.3, -0.25) is 18.6 Å². The summed E-state index contributed by atoms with van der Waals surface area (Å²) in [7, 11) is 0. The maximum atomic E-state index is 13.0. The normalized spacial score (nSPS) is 17.5. The highest BCUT2D eigenvalue weighted by Crippen LogP contribution is 2.24. The zero-order valence-electron chi connectivity index (χ0n) is 17.2. The minimum absolute atomic E-state index is 0.0519. The van der Waals surface area contributed by atoms with Crippen molar-refractivity contribution < 1.29 is 4.79 Å². The Balaban J connectivity index is 1.71. The molecule has 0 saturated carbocycles. The van der Waals surface area contributed by atoms with Gasteiger partial charge in [-0.2, -0.15) is 0 Å². The molecule has 1 saturated heterocycles. The molecule has 1 fully saturated rings. The number of carbonyl (C=O) groups excluding carboxylic acids is 1. The Labute approximate surface area is 174 Å². The molecule has 1 aliphatic rings. The topological polar surface area (TPSA) is 72.5 Å². The first-order valence-electron chi connectivity index (χ1n) is 10.3. The number of benzene rings is 1. The van der Waals surface area contributed by atoms with Crippen molar-refractivity contribution in [3.63, 3.8) is 0 Å². The van der Waals surface area contributed by atoms with E-state index >= 15 is 0 Å². The monoisotopic (exact) mass is 413 g/mol. The minimum Gasteiger partial charge on any atom is -0.339 e. The van der Waals surface area contributed by atoms with Crippen LogP contribution < -0.4 is 5.56 Å². The number of hydrogen-bond acceptors (Lipinski definition) is 5. The number of carbonyl (C=O) groups is 1. The molecule has 3 heterocycles. The van der Waals surface area contributed by atoms with E-state index in [9.17, 15) is 9.59 Å². The van der Waals surface area contributed by atoms with Crippen LogP contribution in [0, 0.1) is 5.92 Å². The van der Waals surface area contributed by atoms with Gasteiger partial charge in [-0.05, 0) is 44.2 Å². The molecule has 0 aliphatic carbocycles. The molecular weight excluding hydrogens is 386 g/mol. The smallest absolute Gasteiger partial charge is 0.262 e. The Bertz CT molecular complexity index is 1100. The van der Waals surface area contributed by atoms with E-state index in [4.69, 9.17) is 0 Å². The maximum Gasteiger partial charge on any atom is 0.262 e. The Morgan fingerprint density at radius 2 is 2.03 bits per heavy atom. The molecular formula is C21H27N5O2S. The summed E-state index contributed by atoms with van der Waals surface area (Å²) in [5.41, 5.74) is 0.725. The van der Waals surface area contributed by atoms with Gasteiger partial charge in [0.15, 0.2) is 5.16 Å². The highest BCUT2D eigenvalue weighted by Gasteiger charge is 2.24. The van der Waals surface area contributed by atoms with E-state index in [1.165, 1.54) is 18.2 Å². The molecule has 2 aromatic heterocycles. The van der Waals surface area contributed by atoms with E-state index in [2.05, 4.69) is 31.0 Å². The molecule has 4 rings (SSSR count). The lowest BCUT2D eigenvalue weighted by molar-refractivity contribution is -0.131. The van der Waals surface area contributed by atoms with Gasteiger partial charge in [-0.1, -0.05) is 37.7 Å². The number of nitrogens with zero attached hydrogens (tertiary/aromatic N) is 5. The summed E-state index contributed by atoms with van der Waals surface area (Å²) >= 11 is 1.39. The van der Waals surface area contributed by atoms with E-state index in [-0.39, 0.29) is 11.5 Å². The zero-order valence-corrected chi connectivity index (χ0v) is 18.0. The first kappa shape index (κ1) is 19.9. The van der Waals surface area contributed by atoms with Crippen molar-refractivity contribution >= 4 is 34.3 Å². The Hall–Kier alpha value is -2.35. The van der Waals surface area contributed by atoms with Crippen molar-refractivity contribution in [3.8, 4) is 0 Å². The molecule has 1 aromatic carbocycles. The van der Waals surface area contributed by atoms with Crippen LogP contribution in [0.5, 0.6) is 0 Å². The fourth-order valence-electron chi connectivity index (χ4n) is 4.03. The maximum absolute atomic E-state index is 13.0. The fourth-order valence-corrected chi connectivity index (χ4v) is 4.86. The van der Waals surface area contributed by atoms with Crippen LogP contribution in [0.4, 0.5) is 0 Å². The molecule has 7 nitrogen and oxygen atoms in total. The Kier molecular flexibility index (Phi) is 5.63. The Morgan fingerprint density at radius 3 is 2.79 bits per heavy atom. The number of fused-ring (bicyclic) bond motifs is 3. The van der Waals surface area contributed by atoms with E-state index in [1.54, 1.807) is 4.57 Å². The summed E-state index contributed by atoms with van der Waals surface area (Å²) in [6, 6.07) is 7.81. The molecule has 0 radical (unpaired) electrons. The van der Waals surface area contributed by atoms with Crippen molar-refractivity contribution in [1.82, 2.24) is 24.1 Å². The SMILES string of the molecule is CC(C)Cn1c(=O)c2ccccc2n2c(SCC(=O)N3CCCCC3C)nnc12. The predicted octanol–water partition coefficient (Wildman–Crippen LogP) is 3.19. The van der Waals surface area contributed by atoms with Gasteiger partial charge in [-0.15, -0.1) is 10.2 Å². The molecule has 0 N–H and O–H groups in total. The van der Waals surface area contributed by atoms with Crippen LogP contribution in [0.1, 0.15) is 40.0 Å². The van der Waals surface area contributed by atoms with Crippen LogP contribution in [0.2, 0.25) is 0 Å². The second kappa shape index (κ2) is 8.18. The van der Waals surface area contributed by atoms with Gasteiger partial charge < -0.3 is 4.90 Å². The average molecular weight is 414 g/mol. The van der Waals surface area contributed by atoms with Crippen molar-refractivity contribution in [2.24, 2.45) is 5.92 Å². The first-order valence-corrected chi connectivity index (χ1v) is 11.2. The van der Waals surface area contributed by atoms with Crippen molar-refractivity contribution in [2.45, 2.75) is 57.8 Å². The summed E-state index contributed by atoms with van der Waals surface area (Å²) in [5, 5.41) is 9.94. The Morgan fingerprint density at radius 1 is 1.24 bits per heavy atom. The molecule has 154 valence electrons. The highest BCUT2D eigenvalue weighted by molar-refractivity contribution is 7.99. The summed E-state index contributed by atoms with van der Waals surface area (Å²) in [4.78, 5) is 27.8. The number of rotatable bonds is 5. The molecule has 8 heteroatoms. The number of aromatic nitrogens is 4. The molecule has 0 bridgehead atoms. The second-order valence-electron chi connectivity index (χ2n) is 8.17. The van der Waals surface area contributed by atoms with Crippen LogP contribution >= 0.6 is 11.8 Å². The van der Waals surface area contributed by atoms with Crippen LogP contribution in [0.25, 0.3) is 16.7 Å².